The SMILES string of the molecule is C=Cc1cccc(-c2cccc(-c3ccc4c(c3)n(-c3ccccc3)c3c5ccc(-c6ccc(/C=C/c7ccc(C(C)(C)C)cc7)cc6)cc5n(-c5ccccc5)c43)c2)c1/C=C\C. The molecule has 0 saturated heterocycles. The van der Waals surface area contributed by atoms with Crippen LogP contribution in [0.5, 0.6) is 0 Å². The lowest BCUT2D eigenvalue weighted by Crippen LogP contribution is -2.10. The van der Waals surface area contributed by atoms with Crippen molar-refractivity contribution >= 4 is 57.1 Å². The zero-order valence-corrected chi connectivity index (χ0v) is 36.4. The van der Waals surface area contributed by atoms with Gasteiger partial charge in [-0.3, -0.25) is 0 Å². The van der Waals surface area contributed by atoms with Gasteiger partial charge in [-0.1, -0.05) is 203 Å². The van der Waals surface area contributed by atoms with Crippen LogP contribution in [0.25, 0.3) is 102 Å². The maximum absolute atomic E-state index is 4.09. The molecule has 2 nitrogen and oxygen atoms in total. The largest absolute Gasteiger partial charge is 0.307 e. The van der Waals surface area contributed by atoms with Gasteiger partial charge in [-0.25, -0.2) is 0 Å². The Labute approximate surface area is 371 Å². The summed E-state index contributed by atoms with van der Waals surface area (Å²) in [7, 11) is 0. The number of aromatic nitrogens is 2. The molecule has 0 bridgehead atoms. The molecule has 0 unspecified atom stereocenters. The average molecular weight is 811 g/mol. The Morgan fingerprint density at radius 1 is 0.444 bits per heavy atom. The van der Waals surface area contributed by atoms with Crippen LogP contribution in [-0.4, -0.2) is 9.13 Å². The lowest BCUT2D eigenvalue weighted by Gasteiger charge is -2.18. The number of benzene rings is 8. The molecular weight excluding hydrogens is 761 g/mol. The second-order valence-corrected chi connectivity index (χ2v) is 17.4. The van der Waals surface area contributed by atoms with E-state index in [-0.39, 0.29) is 5.41 Å². The fourth-order valence-corrected chi connectivity index (χ4v) is 9.14. The summed E-state index contributed by atoms with van der Waals surface area (Å²) in [5, 5.41) is 2.41. The molecule has 2 heterocycles. The number of hydrogen-bond acceptors (Lipinski definition) is 0. The van der Waals surface area contributed by atoms with Crippen molar-refractivity contribution in [1.29, 1.82) is 0 Å². The molecule has 0 fully saturated rings. The third-order valence-electron chi connectivity index (χ3n) is 12.4. The quantitative estimate of drug-likeness (QED) is 0.129. The molecule has 0 spiro atoms. The van der Waals surface area contributed by atoms with E-state index in [1.807, 2.05) is 6.08 Å². The van der Waals surface area contributed by atoms with Crippen molar-refractivity contribution in [1.82, 2.24) is 9.13 Å². The molecule has 0 aliphatic rings. The Morgan fingerprint density at radius 2 is 0.937 bits per heavy atom. The number of fused-ring (bicyclic) bond motifs is 5. The third-order valence-corrected chi connectivity index (χ3v) is 12.4. The summed E-state index contributed by atoms with van der Waals surface area (Å²) in [5.41, 5.74) is 20.3. The summed E-state index contributed by atoms with van der Waals surface area (Å²) < 4.78 is 4.93. The first kappa shape index (κ1) is 39.5. The van der Waals surface area contributed by atoms with Crippen molar-refractivity contribution in [3.8, 4) is 44.8 Å². The van der Waals surface area contributed by atoms with Gasteiger partial charge in [-0.15, -0.1) is 0 Å². The second-order valence-electron chi connectivity index (χ2n) is 17.4. The summed E-state index contributed by atoms with van der Waals surface area (Å²) in [6, 6.07) is 68.8. The lowest BCUT2D eigenvalue weighted by atomic mass is 9.87. The van der Waals surface area contributed by atoms with Crippen LogP contribution < -0.4 is 0 Å². The van der Waals surface area contributed by atoms with E-state index in [2.05, 4.69) is 256 Å². The molecule has 10 aromatic rings. The van der Waals surface area contributed by atoms with Crippen LogP contribution in [0.1, 0.15) is 55.5 Å². The van der Waals surface area contributed by atoms with Crippen molar-refractivity contribution in [2.24, 2.45) is 0 Å². The van der Waals surface area contributed by atoms with Crippen LogP contribution in [0.2, 0.25) is 0 Å². The molecule has 0 saturated carbocycles. The predicted octanol–water partition coefficient (Wildman–Crippen LogP) is 16.9. The second kappa shape index (κ2) is 16.3. The van der Waals surface area contributed by atoms with Crippen molar-refractivity contribution in [3.63, 3.8) is 0 Å². The molecule has 0 radical (unpaired) electrons. The van der Waals surface area contributed by atoms with E-state index in [1.165, 1.54) is 88.5 Å². The molecule has 304 valence electrons. The third kappa shape index (κ3) is 7.34. The van der Waals surface area contributed by atoms with Crippen molar-refractivity contribution in [2.45, 2.75) is 33.1 Å². The molecule has 0 aliphatic carbocycles. The molecular formula is C61H50N2. The van der Waals surface area contributed by atoms with E-state index in [9.17, 15) is 0 Å². The van der Waals surface area contributed by atoms with Gasteiger partial charge in [0.2, 0.25) is 0 Å². The highest BCUT2D eigenvalue weighted by atomic mass is 15.1. The first-order valence-corrected chi connectivity index (χ1v) is 21.9. The smallest absolute Gasteiger partial charge is 0.0803 e. The Hall–Kier alpha value is -7.68. The first-order chi connectivity index (χ1) is 30.8. The number of allylic oxidation sites excluding steroid dienone is 1. The molecule has 0 atom stereocenters. The Morgan fingerprint density at radius 3 is 1.48 bits per heavy atom. The summed E-state index contributed by atoms with van der Waals surface area (Å²) in [4.78, 5) is 0. The van der Waals surface area contributed by atoms with Crippen LogP contribution in [0.3, 0.4) is 0 Å². The van der Waals surface area contributed by atoms with Crippen LogP contribution in [-0.2, 0) is 5.41 Å². The molecule has 2 aromatic heterocycles. The van der Waals surface area contributed by atoms with Gasteiger partial charge in [-0.2, -0.15) is 0 Å². The minimum atomic E-state index is 0.144. The topological polar surface area (TPSA) is 9.86 Å². The molecule has 0 N–H and O–H groups in total. The van der Waals surface area contributed by atoms with E-state index in [1.54, 1.807) is 0 Å². The van der Waals surface area contributed by atoms with Crippen molar-refractivity contribution < 1.29 is 0 Å². The molecule has 0 aliphatic heterocycles. The summed E-state index contributed by atoms with van der Waals surface area (Å²) in [6.07, 6.45) is 10.6. The Balaban J connectivity index is 1.11. The van der Waals surface area contributed by atoms with Gasteiger partial charge in [0.05, 0.1) is 22.1 Å². The summed E-state index contributed by atoms with van der Waals surface area (Å²) in [6.45, 7) is 12.9. The number of para-hydroxylation sites is 2. The highest BCUT2D eigenvalue weighted by Gasteiger charge is 2.23. The van der Waals surface area contributed by atoms with E-state index < -0.39 is 0 Å². The van der Waals surface area contributed by atoms with E-state index >= 15 is 0 Å². The highest BCUT2D eigenvalue weighted by Crippen LogP contribution is 2.43. The number of hydrogen-bond donors (Lipinski definition) is 0. The van der Waals surface area contributed by atoms with E-state index in [0.717, 1.165) is 16.9 Å². The first-order valence-electron chi connectivity index (χ1n) is 21.9. The maximum atomic E-state index is 4.09. The highest BCUT2D eigenvalue weighted by molar-refractivity contribution is 6.20. The number of rotatable bonds is 9. The summed E-state index contributed by atoms with van der Waals surface area (Å²) in [5.74, 6) is 0. The molecule has 2 heteroatoms. The van der Waals surface area contributed by atoms with Crippen LogP contribution in [0.15, 0.2) is 201 Å². The maximum Gasteiger partial charge on any atom is 0.0803 e. The monoisotopic (exact) mass is 810 g/mol. The molecule has 0 amide bonds. The van der Waals surface area contributed by atoms with Gasteiger partial charge in [0.15, 0.2) is 0 Å². The zero-order valence-electron chi connectivity index (χ0n) is 36.4. The van der Waals surface area contributed by atoms with Gasteiger partial charge in [-0.05, 0) is 116 Å². The van der Waals surface area contributed by atoms with Crippen LogP contribution in [0, 0.1) is 0 Å². The fraction of sp³-hybridized carbons (Fsp3) is 0.0820. The van der Waals surface area contributed by atoms with Gasteiger partial charge < -0.3 is 9.13 Å². The van der Waals surface area contributed by atoms with Gasteiger partial charge in [0.25, 0.3) is 0 Å². The Bertz CT molecular complexity index is 3350. The minimum Gasteiger partial charge on any atom is -0.307 e. The van der Waals surface area contributed by atoms with E-state index in [0.29, 0.717) is 0 Å². The van der Waals surface area contributed by atoms with Gasteiger partial charge >= 0.3 is 0 Å². The van der Waals surface area contributed by atoms with Crippen LogP contribution >= 0.6 is 0 Å². The predicted molar refractivity (Wildman–Crippen MR) is 273 cm³/mol. The standard InChI is InChI=1S/C61H50N2/c1-6-16-53-44(7-2)17-15-24-54(53)49-19-14-18-46(39-49)48-34-38-56-58(41-48)63(52-22-12-9-13-23-52)59-55-37-33-47(40-57(55)62(60(56)59)51-20-10-8-11-21-51)45-31-27-42(28-32-45)25-26-43-29-35-50(36-30-43)61(3,4)5/h6-41H,2H2,1,3-5H3/b16-6-,26-25+. The molecule has 8 aromatic carbocycles. The minimum absolute atomic E-state index is 0.144. The average Bonchev–Trinajstić information content (AvgIpc) is 3.83. The summed E-state index contributed by atoms with van der Waals surface area (Å²) >= 11 is 0. The molecule has 10 rings (SSSR count). The van der Waals surface area contributed by atoms with E-state index in [4.69, 9.17) is 0 Å². The molecule has 63 heavy (non-hydrogen) atoms. The van der Waals surface area contributed by atoms with Crippen molar-refractivity contribution in [3.05, 3.63) is 229 Å². The normalized spacial score (nSPS) is 12.1. The van der Waals surface area contributed by atoms with Gasteiger partial charge in [0, 0.05) is 22.1 Å². The van der Waals surface area contributed by atoms with Crippen LogP contribution in [0.4, 0.5) is 0 Å². The fourth-order valence-electron chi connectivity index (χ4n) is 9.14. The zero-order chi connectivity index (χ0) is 43.1. The Kier molecular flexibility index (Phi) is 10.2. The number of nitrogens with zero attached hydrogens (tertiary/aromatic N) is 2. The van der Waals surface area contributed by atoms with Gasteiger partial charge in [0.1, 0.15) is 0 Å². The van der Waals surface area contributed by atoms with Crippen molar-refractivity contribution in [2.75, 3.05) is 0 Å². The lowest BCUT2D eigenvalue weighted by molar-refractivity contribution is 0.590.